The summed E-state index contributed by atoms with van der Waals surface area (Å²) in [5.74, 6) is 1.06. The molecule has 1 atom stereocenters. The monoisotopic (exact) mass is 301 g/mol. The Morgan fingerprint density at radius 1 is 1.50 bits per heavy atom. The third-order valence-corrected chi connectivity index (χ3v) is 3.91. The van der Waals surface area contributed by atoms with E-state index in [0.29, 0.717) is 17.9 Å². The lowest BCUT2D eigenvalue weighted by atomic mass is 9.89. The van der Waals surface area contributed by atoms with Crippen LogP contribution >= 0.6 is 0 Å². The molecule has 1 aromatic carbocycles. The lowest BCUT2D eigenvalue weighted by Gasteiger charge is -2.26. The minimum Gasteiger partial charge on any atom is -0.504 e. The molecule has 0 bridgehead atoms. The number of aromatic hydroxyl groups is 1. The van der Waals surface area contributed by atoms with Gasteiger partial charge < -0.3 is 19.7 Å². The summed E-state index contributed by atoms with van der Waals surface area (Å²) in [5.41, 5.74) is 1.53. The van der Waals surface area contributed by atoms with Gasteiger partial charge in [0.2, 0.25) is 5.91 Å². The molecule has 2 aromatic rings. The van der Waals surface area contributed by atoms with Gasteiger partial charge in [0.15, 0.2) is 11.5 Å². The number of phenolic OH excluding ortho intramolecular Hbond substituents is 1. The smallest absolute Gasteiger partial charge is 0.225 e. The Balaban J connectivity index is 2.10. The van der Waals surface area contributed by atoms with Gasteiger partial charge in [-0.05, 0) is 18.1 Å². The van der Waals surface area contributed by atoms with Gasteiger partial charge in [0.1, 0.15) is 5.82 Å². The van der Waals surface area contributed by atoms with Crippen LogP contribution in [-0.2, 0) is 11.3 Å². The number of amides is 1. The van der Waals surface area contributed by atoms with Crippen molar-refractivity contribution in [1.29, 1.82) is 0 Å². The first-order chi connectivity index (χ1) is 10.6. The second kappa shape index (κ2) is 5.71. The van der Waals surface area contributed by atoms with E-state index < -0.39 is 0 Å². The number of carbonyl (C=O) groups excluding carboxylic acids is 1. The number of benzene rings is 1. The van der Waals surface area contributed by atoms with Gasteiger partial charge in [-0.3, -0.25) is 4.79 Å². The number of nitrogens with zero attached hydrogens (tertiary/aromatic N) is 2. The highest BCUT2D eigenvalue weighted by Gasteiger charge is 2.30. The molecule has 0 unspecified atom stereocenters. The topological polar surface area (TPSA) is 76.4 Å². The molecular formula is C16H19N3O3. The number of phenols is 1. The number of nitrogens with one attached hydrogen (secondary N) is 1. The molecule has 1 amide bonds. The van der Waals surface area contributed by atoms with Crippen molar-refractivity contribution in [1.82, 2.24) is 9.55 Å². The van der Waals surface area contributed by atoms with Crippen LogP contribution < -0.4 is 10.1 Å². The number of fused-ring (bicyclic) bond motifs is 1. The van der Waals surface area contributed by atoms with Crippen molar-refractivity contribution in [2.75, 3.05) is 12.4 Å². The second-order valence-electron chi connectivity index (χ2n) is 5.40. The normalized spacial score (nSPS) is 17.0. The molecule has 0 fully saturated rings. The molecule has 116 valence electrons. The Labute approximate surface area is 128 Å². The molecular weight excluding hydrogens is 282 g/mol. The Bertz CT molecular complexity index is 709. The molecule has 22 heavy (non-hydrogen) atoms. The number of carbonyl (C=O) groups is 1. The van der Waals surface area contributed by atoms with Crippen LogP contribution in [0.4, 0.5) is 5.69 Å². The molecule has 6 nitrogen and oxygen atoms in total. The molecule has 1 aliphatic heterocycles. The van der Waals surface area contributed by atoms with E-state index in [1.165, 1.54) is 13.2 Å². The molecule has 0 aliphatic carbocycles. The van der Waals surface area contributed by atoms with E-state index in [0.717, 1.165) is 24.4 Å². The highest BCUT2D eigenvalue weighted by Crippen LogP contribution is 2.42. The summed E-state index contributed by atoms with van der Waals surface area (Å²) < 4.78 is 7.27. The molecule has 0 radical (unpaired) electrons. The number of hydrogen-bond acceptors (Lipinski definition) is 4. The Morgan fingerprint density at radius 3 is 3.05 bits per heavy atom. The first-order valence-electron chi connectivity index (χ1n) is 7.35. The standard InChI is InChI=1S/C16H19N3O3/c1-3-5-19-6-4-17-16(19)11-8-15(21)18-12-9-13(20)14(22-2)7-10(11)12/h4,6-7,9,11,20H,3,5,8H2,1-2H3,(H,18,21)/t11-/m0/s1. The third-order valence-electron chi connectivity index (χ3n) is 3.91. The molecule has 0 saturated carbocycles. The van der Waals surface area contributed by atoms with Crippen LogP contribution in [0.3, 0.4) is 0 Å². The quantitative estimate of drug-likeness (QED) is 0.909. The number of aryl methyl sites for hydroxylation is 1. The van der Waals surface area contributed by atoms with E-state index in [1.54, 1.807) is 12.3 Å². The SMILES string of the molecule is CCCn1ccnc1[C@H]1CC(=O)Nc2cc(O)c(OC)cc21. The van der Waals surface area contributed by atoms with Gasteiger partial charge in [-0.2, -0.15) is 0 Å². The van der Waals surface area contributed by atoms with Gasteiger partial charge in [-0.1, -0.05) is 6.92 Å². The highest BCUT2D eigenvalue weighted by atomic mass is 16.5. The summed E-state index contributed by atoms with van der Waals surface area (Å²) in [7, 11) is 1.51. The van der Waals surface area contributed by atoms with Crippen LogP contribution in [0.15, 0.2) is 24.5 Å². The minimum absolute atomic E-state index is 0.0131. The first-order valence-corrected chi connectivity index (χ1v) is 7.35. The van der Waals surface area contributed by atoms with E-state index in [9.17, 15) is 9.90 Å². The van der Waals surface area contributed by atoms with E-state index in [-0.39, 0.29) is 17.6 Å². The summed E-state index contributed by atoms with van der Waals surface area (Å²) in [4.78, 5) is 16.5. The number of imidazole rings is 1. The predicted molar refractivity (Wildman–Crippen MR) is 82.3 cm³/mol. The van der Waals surface area contributed by atoms with E-state index in [4.69, 9.17) is 4.74 Å². The molecule has 0 spiro atoms. The number of aromatic nitrogens is 2. The van der Waals surface area contributed by atoms with Crippen molar-refractivity contribution in [2.45, 2.75) is 32.2 Å². The molecule has 2 heterocycles. The van der Waals surface area contributed by atoms with Crippen molar-refractivity contribution in [3.63, 3.8) is 0 Å². The number of rotatable bonds is 4. The van der Waals surface area contributed by atoms with Gasteiger partial charge >= 0.3 is 0 Å². The third kappa shape index (κ3) is 2.41. The fraction of sp³-hybridized carbons (Fsp3) is 0.375. The van der Waals surface area contributed by atoms with Gasteiger partial charge in [-0.15, -0.1) is 0 Å². The zero-order valence-electron chi connectivity index (χ0n) is 12.7. The summed E-state index contributed by atoms with van der Waals surface area (Å²) in [5, 5.41) is 12.7. The van der Waals surface area contributed by atoms with Crippen LogP contribution in [0.1, 0.15) is 37.1 Å². The zero-order valence-corrected chi connectivity index (χ0v) is 12.7. The van der Waals surface area contributed by atoms with E-state index in [2.05, 4.69) is 21.8 Å². The molecule has 0 saturated heterocycles. The Kier molecular flexibility index (Phi) is 3.75. The largest absolute Gasteiger partial charge is 0.504 e. The van der Waals surface area contributed by atoms with Gasteiger partial charge in [0.05, 0.1) is 13.0 Å². The Morgan fingerprint density at radius 2 is 2.32 bits per heavy atom. The van der Waals surface area contributed by atoms with Gasteiger partial charge in [0.25, 0.3) is 0 Å². The van der Waals surface area contributed by atoms with Gasteiger partial charge in [-0.25, -0.2) is 4.98 Å². The Hall–Kier alpha value is -2.50. The average molecular weight is 301 g/mol. The van der Waals surface area contributed by atoms with E-state index in [1.807, 2.05) is 6.20 Å². The van der Waals surface area contributed by atoms with Crippen LogP contribution in [0.25, 0.3) is 0 Å². The van der Waals surface area contributed by atoms with Crippen LogP contribution in [0, 0.1) is 0 Å². The maximum absolute atomic E-state index is 12.0. The lowest BCUT2D eigenvalue weighted by molar-refractivity contribution is -0.116. The van der Waals surface area contributed by atoms with Crippen LogP contribution in [0.2, 0.25) is 0 Å². The molecule has 2 N–H and O–H groups in total. The van der Waals surface area contributed by atoms with Crippen molar-refractivity contribution in [3.8, 4) is 11.5 Å². The number of hydrogen-bond donors (Lipinski definition) is 2. The average Bonchev–Trinajstić information content (AvgIpc) is 2.94. The summed E-state index contributed by atoms with van der Waals surface area (Å²) in [6, 6.07) is 3.31. The maximum atomic E-state index is 12.0. The van der Waals surface area contributed by atoms with Crippen molar-refractivity contribution >= 4 is 11.6 Å². The zero-order chi connectivity index (χ0) is 15.7. The predicted octanol–water partition coefficient (Wildman–Crippen LogP) is 2.48. The number of methoxy groups -OCH3 is 1. The molecule has 1 aliphatic rings. The van der Waals surface area contributed by atoms with Crippen molar-refractivity contribution < 1.29 is 14.6 Å². The fourth-order valence-electron chi connectivity index (χ4n) is 2.93. The highest BCUT2D eigenvalue weighted by molar-refractivity contribution is 5.95. The molecule has 3 rings (SSSR count). The molecule has 1 aromatic heterocycles. The number of ether oxygens (including phenoxy) is 1. The van der Waals surface area contributed by atoms with Crippen molar-refractivity contribution in [3.05, 3.63) is 35.9 Å². The minimum atomic E-state index is -0.139. The molecule has 6 heteroatoms. The van der Waals surface area contributed by atoms with E-state index >= 15 is 0 Å². The summed E-state index contributed by atoms with van der Waals surface area (Å²) in [6.45, 7) is 2.96. The lowest BCUT2D eigenvalue weighted by Crippen LogP contribution is -2.25. The first kappa shape index (κ1) is 14.4. The van der Waals surface area contributed by atoms with Gasteiger partial charge in [0, 0.05) is 37.1 Å². The summed E-state index contributed by atoms with van der Waals surface area (Å²) >= 11 is 0. The van der Waals surface area contributed by atoms with Crippen LogP contribution in [0.5, 0.6) is 11.5 Å². The number of anilines is 1. The maximum Gasteiger partial charge on any atom is 0.225 e. The summed E-state index contributed by atoms with van der Waals surface area (Å²) in [6.07, 6.45) is 5.02. The van der Waals surface area contributed by atoms with Crippen molar-refractivity contribution in [2.24, 2.45) is 0 Å². The van der Waals surface area contributed by atoms with Crippen LogP contribution in [-0.4, -0.2) is 27.7 Å². The second-order valence-corrected chi connectivity index (χ2v) is 5.40. The fourth-order valence-corrected chi connectivity index (χ4v) is 2.93.